The minimum Gasteiger partial charge on any atom is -0.465 e. The van der Waals surface area contributed by atoms with Crippen molar-refractivity contribution in [2.24, 2.45) is 39.9 Å². The van der Waals surface area contributed by atoms with E-state index in [4.69, 9.17) is 4.74 Å². The van der Waals surface area contributed by atoms with Crippen molar-refractivity contribution in [1.29, 1.82) is 0 Å². The van der Waals surface area contributed by atoms with Gasteiger partial charge in [-0.15, -0.1) is 0 Å². The number of allylic oxidation sites excluding steroid dienone is 1. The number of ketones is 1. The zero-order valence-electron chi connectivity index (χ0n) is 16.5. The van der Waals surface area contributed by atoms with E-state index in [1.165, 1.54) is 18.4 Å². The van der Waals surface area contributed by atoms with Crippen LogP contribution in [0.4, 0.5) is 0 Å². The van der Waals surface area contributed by atoms with Crippen molar-refractivity contribution < 1.29 is 14.3 Å². The second-order valence-corrected chi connectivity index (χ2v) is 10.5. The summed E-state index contributed by atoms with van der Waals surface area (Å²) in [6, 6.07) is 0. The van der Waals surface area contributed by atoms with E-state index in [-0.39, 0.29) is 22.2 Å². The fourth-order valence-corrected chi connectivity index (χ4v) is 8.34. The van der Waals surface area contributed by atoms with Crippen LogP contribution in [0.5, 0.6) is 0 Å². The molecule has 26 heavy (non-hydrogen) atoms. The van der Waals surface area contributed by atoms with Gasteiger partial charge in [0.05, 0.1) is 12.0 Å². The van der Waals surface area contributed by atoms with E-state index in [9.17, 15) is 9.59 Å². The predicted molar refractivity (Wildman–Crippen MR) is 99.3 cm³/mol. The summed E-state index contributed by atoms with van der Waals surface area (Å²) in [5, 5.41) is 0. The van der Waals surface area contributed by atoms with Gasteiger partial charge in [-0.25, -0.2) is 0 Å². The Morgan fingerprint density at radius 1 is 1.04 bits per heavy atom. The molecule has 5 aliphatic rings. The third-order valence-corrected chi connectivity index (χ3v) is 9.83. The number of esters is 1. The maximum Gasteiger partial charge on any atom is 0.312 e. The van der Waals surface area contributed by atoms with Gasteiger partial charge < -0.3 is 4.74 Å². The first-order valence-corrected chi connectivity index (χ1v) is 10.7. The lowest BCUT2D eigenvalue weighted by molar-refractivity contribution is -0.158. The van der Waals surface area contributed by atoms with Crippen molar-refractivity contribution in [1.82, 2.24) is 0 Å². The van der Waals surface area contributed by atoms with Gasteiger partial charge in [0, 0.05) is 6.42 Å². The Labute approximate surface area is 156 Å². The van der Waals surface area contributed by atoms with Crippen molar-refractivity contribution in [2.45, 2.75) is 72.1 Å². The summed E-state index contributed by atoms with van der Waals surface area (Å²) in [5.74, 6) is 3.05. The van der Waals surface area contributed by atoms with Gasteiger partial charge in [0.25, 0.3) is 0 Å². The van der Waals surface area contributed by atoms with Crippen molar-refractivity contribution in [3.63, 3.8) is 0 Å². The minimum absolute atomic E-state index is 0.0967. The first kappa shape index (κ1) is 17.0. The lowest BCUT2D eigenvalue weighted by Crippen LogP contribution is -2.55. The fraction of sp³-hybridized carbons (Fsp3) is 0.826. The molecule has 3 nitrogen and oxygen atoms in total. The quantitative estimate of drug-likeness (QED) is 0.591. The monoisotopic (exact) mass is 356 g/mol. The highest BCUT2D eigenvalue weighted by molar-refractivity contribution is 5.91. The van der Waals surface area contributed by atoms with Gasteiger partial charge in [-0.2, -0.15) is 0 Å². The Bertz CT molecular complexity index is 708. The third kappa shape index (κ3) is 1.85. The molecule has 0 bridgehead atoms. The predicted octanol–water partition coefficient (Wildman–Crippen LogP) is 4.70. The Kier molecular flexibility index (Phi) is 3.42. The van der Waals surface area contributed by atoms with Crippen LogP contribution >= 0.6 is 0 Å². The summed E-state index contributed by atoms with van der Waals surface area (Å²) in [4.78, 5) is 24.8. The number of ether oxygens (including phenoxy) is 1. The Hall–Kier alpha value is -1.12. The lowest BCUT2D eigenvalue weighted by Gasteiger charge is -2.61. The number of hydrogen-bond donors (Lipinski definition) is 0. The molecule has 0 radical (unpaired) electrons. The molecule has 142 valence electrons. The normalized spacial score (nSPS) is 53.0. The number of hydrogen-bond acceptors (Lipinski definition) is 3. The van der Waals surface area contributed by atoms with E-state index in [0.717, 1.165) is 38.5 Å². The summed E-state index contributed by atoms with van der Waals surface area (Å²) in [6.45, 7) is 7.88. The summed E-state index contributed by atoms with van der Waals surface area (Å²) in [5.41, 5.74) is 1.54. The van der Waals surface area contributed by atoms with Gasteiger partial charge in [0.15, 0.2) is 5.78 Å². The molecule has 0 amide bonds. The topological polar surface area (TPSA) is 43.4 Å². The Balaban J connectivity index is 1.55. The van der Waals surface area contributed by atoms with Crippen molar-refractivity contribution in [3.8, 4) is 0 Å². The SMILES string of the molecule is CC1CC2=CC(=O)CCC2(C)C2CCC3(C)C(CC[C@]34CCOC4=O)C12. The van der Waals surface area contributed by atoms with Gasteiger partial charge in [0.2, 0.25) is 0 Å². The summed E-state index contributed by atoms with van der Waals surface area (Å²) in [6.07, 6.45) is 10.3. The van der Waals surface area contributed by atoms with Crippen LogP contribution in [0.1, 0.15) is 72.1 Å². The molecule has 0 aromatic rings. The van der Waals surface area contributed by atoms with E-state index in [2.05, 4.69) is 20.8 Å². The van der Waals surface area contributed by atoms with E-state index in [1.807, 2.05) is 6.08 Å². The summed E-state index contributed by atoms with van der Waals surface area (Å²) < 4.78 is 5.50. The van der Waals surface area contributed by atoms with Gasteiger partial charge >= 0.3 is 5.97 Å². The second-order valence-electron chi connectivity index (χ2n) is 10.5. The molecule has 6 unspecified atom stereocenters. The van der Waals surface area contributed by atoms with Crippen LogP contribution in [0.3, 0.4) is 0 Å². The van der Waals surface area contributed by atoms with Crippen LogP contribution in [-0.2, 0) is 14.3 Å². The number of carbonyl (C=O) groups excluding carboxylic acids is 2. The minimum atomic E-state index is -0.206. The zero-order valence-corrected chi connectivity index (χ0v) is 16.5. The third-order valence-electron chi connectivity index (χ3n) is 9.83. The van der Waals surface area contributed by atoms with E-state index < -0.39 is 0 Å². The summed E-state index contributed by atoms with van der Waals surface area (Å²) >= 11 is 0. The largest absolute Gasteiger partial charge is 0.465 e. The maximum atomic E-state index is 12.8. The zero-order chi connectivity index (χ0) is 18.3. The average molecular weight is 357 g/mol. The smallest absolute Gasteiger partial charge is 0.312 e. The molecule has 1 aliphatic heterocycles. The molecule has 1 heterocycles. The average Bonchev–Trinajstić information content (AvgIpc) is 3.12. The van der Waals surface area contributed by atoms with E-state index in [0.29, 0.717) is 36.1 Å². The number of cyclic esters (lactones) is 1. The molecule has 0 N–H and O–H groups in total. The van der Waals surface area contributed by atoms with Crippen LogP contribution in [-0.4, -0.2) is 18.4 Å². The highest BCUT2D eigenvalue weighted by Gasteiger charge is 2.69. The molecule has 7 atom stereocenters. The molecule has 1 spiro atoms. The molecule has 5 rings (SSSR count). The number of fused-ring (bicyclic) bond motifs is 6. The van der Waals surface area contributed by atoms with Gasteiger partial charge in [-0.05, 0) is 85.5 Å². The molecular formula is C23H32O3. The number of rotatable bonds is 0. The lowest BCUT2D eigenvalue weighted by atomic mass is 9.43. The molecule has 1 saturated heterocycles. The highest BCUT2D eigenvalue weighted by Crippen LogP contribution is 2.72. The molecular weight excluding hydrogens is 324 g/mol. The molecule has 0 aromatic heterocycles. The van der Waals surface area contributed by atoms with Crippen LogP contribution in [0.2, 0.25) is 0 Å². The molecule has 0 aromatic carbocycles. The first-order chi connectivity index (χ1) is 12.3. The Morgan fingerprint density at radius 2 is 1.81 bits per heavy atom. The molecule has 3 heteroatoms. The second kappa shape index (κ2) is 5.23. The van der Waals surface area contributed by atoms with Crippen LogP contribution in [0.25, 0.3) is 0 Å². The van der Waals surface area contributed by atoms with Crippen molar-refractivity contribution in [2.75, 3.05) is 6.61 Å². The van der Waals surface area contributed by atoms with Gasteiger partial charge in [-0.3, -0.25) is 9.59 Å². The first-order valence-electron chi connectivity index (χ1n) is 10.7. The van der Waals surface area contributed by atoms with E-state index in [1.54, 1.807) is 0 Å². The standard InChI is InChI=1S/C23H32O3/c1-14-12-15-13-16(24)4-7-21(15,2)17-5-8-22(3)18(19(14)17)6-9-23(22)10-11-26-20(23)25/h13-14,17-19H,4-12H2,1-3H3/t14?,17?,18?,19?,21?,22?,23-/m1/s1. The fourth-order valence-electron chi connectivity index (χ4n) is 8.34. The van der Waals surface area contributed by atoms with E-state index >= 15 is 0 Å². The van der Waals surface area contributed by atoms with Crippen molar-refractivity contribution >= 4 is 11.8 Å². The van der Waals surface area contributed by atoms with Gasteiger partial charge in [0.1, 0.15) is 0 Å². The van der Waals surface area contributed by atoms with Crippen LogP contribution in [0.15, 0.2) is 11.6 Å². The highest BCUT2D eigenvalue weighted by atomic mass is 16.5. The van der Waals surface area contributed by atoms with Crippen molar-refractivity contribution in [3.05, 3.63) is 11.6 Å². The molecule has 3 saturated carbocycles. The number of carbonyl (C=O) groups is 2. The Morgan fingerprint density at radius 3 is 2.54 bits per heavy atom. The van der Waals surface area contributed by atoms with Crippen LogP contribution < -0.4 is 0 Å². The summed E-state index contributed by atoms with van der Waals surface area (Å²) in [7, 11) is 0. The van der Waals surface area contributed by atoms with Gasteiger partial charge in [-0.1, -0.05) is 26.3 Å². The van der Waals surface area contributed by atoms with Crippen LogP contribution in [0, 0.1) is 39.9 Å². The molecule has 4 fully saturated rings. The maximum absolute atomic E-state index is 12.8. The molecule has 4 aliphatic carbocycles.